The molecule has 2 aliphatic heterocycles. The number of nitrogens with zero attached hydrogens (tertiary/aromatic N) is 3. The normalized spacial score (nSPS) is 19.1. The van der Waals surface area contributed by atoms with Crippen LogP contribution in [-0.4, -0.2) is 58.5 Å². The monoisotopic (exact) mass is 455 g/mol. The molecule has 0 unspecified atom stereocenters. The van der Waals surface area contributed by atoms with Gasteiger partial charge in [0.1, 0.15) is 11.9 Å². The summed E-state index contributed by atoms with van der Waals surface area (Å²) in [7, 11) is 0. The van der Waals surface area contributed by atoms with E-state index >= 15 is 0 Å². The number of likely N-dealkylation sites (tertiary alicyclic amines) is 1. The standard InChI is InChI=1S/C23H22ClN3O5/c24-19-9-16(5-6-20(19)31-18-7-8-30-13-18)21-25-22(32-26-21)15-3-1-14(2-4-15)10-27-11-17(12-27)23(28)29/h1-6,9,17-18H,7-8,10-13H2,(H,28,29)/t18-/m1/s1. The van der Waals surface area contributed by atoms with Crippen molar-refractivity contribution < 1.29 is 23.9 Å². The molecular weight excluding hydrogens is 434 g/mol. The Hall–Kier alpha value is -2.94. The molecule has 1 N–H and O–H groups in total. The molecule has 2 aliphatic rings. The summed E-state index contributed by atoms with van der Waals surface area (Å²) >= 11 is 6.39. The highest BCUT2D eigenvalue weighted by Crippen LogP contribution is 2.32. The number of halogens is 1. The maximum Gasteiger partial charge on any atom is 0.309 e. The van der Waals surface area contributed by atoms with Crippen molar-refractivity contribution in [2.75, 3.05) is 26.3 Å². The van der Waals surface area contributed by atoms with E-state index in [9.17, 15) is 4.79 Å². The van der Waals surface area contributed by atoms with Crippen LogP contribution in [0, 0.1) is 5.92 Å². The minimum absolute atomic E-state index is 0.0257. The van der Waals surface area contributed by atoms with Gasteiger partial charge in [-0.25, -0.2) is 0 Å². The molecular formula is C23H22ClN3O5. The number of ether oxygens (including phenoxy) is 2. The molecule has 0 saturated carbocycles. The summed E-state index contributed by atoms with van der Waals surface area (Å²) in [6.45, 7) is 3.18. The average molecular weight is 456 g/mol. The molecule has 2 fully saturated rings. The molecule has 166 valence electrons. The first-order valence-electron chi connectivity index (χ1n) is 10.5. The summed E-state index contributed by atoms with van der Waals surface area (Å²) in [5, 5.41) is 13.6. The van der Waals surface area contributed by atoms with E-state index in [4.69, 9.17) is 30.7 Å². The summed E-state index contributed by atoms with van der Waals surface area (Å²) in [4.78, 5) is 17.5. The van der Waals surface area contributed by atoms with Crippen molar-refractivity contribution in [1.82, 2.24) is 15.0 Å². The van der Waals surface area contributed by atoms with Crippen LogP contribution < -0.4 is 4.74 Å². The van der Waals surface area contributed by atoms with Crippen molar-refractivity contribution >= 4 is 17.6 Å². The Labute approximate surface area is 189 Å². The Morgan fingerprint density at radius 2 is 1.97 bits per heavy atom. The van der Waals surface area contributed by atoms with Gasteiger partial charge in [-0.15, -0.1) is 0 Å². The average Bonchev–Trinajstić information content (AvgIpc) is 3.44. The third-order valence-corrected chi connectivity index (χ3v) is 6.01. The van der Waals surface area contributed by atoms with E-state index in [1.807, 2.05) is 36.4 Å². The lowest BCUT2D eigenvalue weighted by molar-refractivity contribution is -0.147. The van der Waals surface area contributed by atoms with Crippen LogP contribution in [0.3, 0.4) is 0 Å². The molecule has 1 atom stereocenters. The lowest BCUT2D eigenvalue weighted by Crippen LogP contribution is -2.49. The summed E-state index contributed by atoms with van der Waals surface area (Å²) in [5.41, 5.74) is 2.65. The number of hydrogen-bond donors (Lipinski definition) is 1. The number of carboxylic acid groups (broad SMARTS) is 1. The fourth-order valence-corrected chi connectivity index (χ4v) is 4.07. The number of carbonyl (C=O) groups is 1. The quantitative estimate of drug-likeness (QED) is 0.575. The molecule has 0 spiro atoms. The van der Waals surface area contributed by atoms with E-state index in [2.05, 4.69) is 15.0 Å². The van der Waals surface area contributed by atoms with Crippen molar-refractivity contribution in [2.45, 2.75) is 19.1 Å². The number of aromatic nitrogens is 2. The van der Waals surface area contributed by atoms with Crippen LogP contribution in [0.25, 0.3) is 22.8 Å². The molecule has 8 nitrogen and oxygen atoms in total. The Morgan fingerprint density at radius 1 is 1.19 bits per heavy atom. The number of carboxylic acids is 1. The Balaban J connectivity index is 1.23. The molecule has 5 rings (SSSR count). The van der Waals surface area contributed by atoms with E-state index in [0.717, 1.165) is 29.7 Å². The van der Waals surface area contributed by atoms with Gasteiger partial charge in [0.2, 0.25) is 5.82 Å². The molecule has 3 aromatic rings. The second kappa shape index (κ2) is 8.90. The number of rotatable bonds is 7. The van der Waals surface area contributed by atoms with Crippen LogP contribution in [0.15, 0.2) is 47.0 Å². The van der Waals surface area contributed by atoms with Gasteiger partial charge < -0.3 is 19.1 Å². The Bertz CT molecular complexity index is 1110. The van der Waals surface area contributed by atoms with E-state index in [-0.39, 0.29) is 12.0 Å². The first-order valence-corrected chi connectivity index (χ1v) is 10.9. The largest absolute Gasteiger partial charge is 0.486 e. The molecule has 0 radical (unpaired) electrons. The predicted molar refractivity (Wildman–Crippen MR) is 116 cm³/mol. The predicted octanol–water partition coefficient (Wildman–Crippen LogP) is 3.74. The zero-order valence-corrected chi connectivity index (χ0v) is 18.0. The van der Waals surface area contributed by atoms with E-state index in [1.165, 1.54) is 0 Å². The SMILES string of the molecule is O=C(O)C1CN(Cc2ccc(-c3nc(-c4ccc(O[C@@H]5CCOC5)c(Cl)c4)no3)cc2)C1. The second-order valence-electron chi connectivity index (χ2n) is 8.10. The van der Waals surface area contributed by atoms with Crippen LogP contribution in [0.5, 0.6) is 5.75 Å². The van der Waals surface area contributed by atoms with Gasteiger partial charge in [-0.2, -0.15) is 4.98 Å². The Morgan fingerprint density at radius 3 is 2.66 bits per heavy atom. The van der Waals surface area contributed by atoms with E-state index < -0.39 is 5.97 Å². The maximum atomic E-state index is 10.9. The molecule has 3 heterocycles. The minimum Gasteiger partial charge on any atom is -0.486 e. The number of aliphatic carboxylic acids is 1. The van der Waals surface area contributed by atoms with Crippen molar-refractivity contribution in [3.8, 4) is 28.6 Å². The van der Waals surface area contributed by atoms with Crippen LogP contribution >= 0.6 is 11.6 Å². The van der Waals surface area contributed by atoms with Crippen LogP contribution in [0.4, 0.5) is 0 Å². The lowest BCUT2D eigenvalue weighted by atomic mass is 9.99. The summed E-state index contributed by atoms with van der Waals surface area (Å²) in [5.74, 6) is 0.498. The zero-order chi connectivity index (χ0) is 22.1. The van der Waals surface area contributed by atoms with Crippen molar-refractivity contribution in [3.05, 3.63) is 53.1 Å². The van der Waals surface area contributed by atoms with Crippen molar-refractivity contribution in [1.29, 1.82) is 0 Å². The Kier molecular flexibility index (Phi) is 5.82. The highest BCUT2D eigenvalue weighted by Gasteiger charge is 2.32. The molecule has 32 heavy (non-hydrogen) atoms. The third-order valence-electron chi connectivity index (χ3n) is 5.71. The zero-order valence-electron chi connectivity index (χ0n) is 17.2. The van der Waals surface area contributed by atoms with Crippen LogP contribution in [0.1, 0.15) is 12.0 Å². The summed E-state index contributed by atoms with van der Waals surface area (Å²) < 4.78 is 16.7. The van der Waals surface area contributed by atoms with Crippen molar-refractivity contribution in [2.24, 2.45) is 5.92 Å². The van der Waals surface area contributed by atoms with Crippen molar-refractivity contribution in [3.63, 3.8) is 0 Å². The van der Waals surface area contributed by atoms with E-state index in [0.29, 0.717) is 48.8 Å². The minimum atomic E-state index is -0.726. The van der Waals surface area contributed by atoms with Gasteiger partial charge >= 0.3 is 5.97 Å². The first-order chi connectivity index (χ1) is 15.5. The van der Waals surface area contributed by atoms with Gasteiger partial charge in [-0.3, -0.25) is 9.69 Å². The highest BCUT2D eigenvalue weighted by molar-refractivity contribution is 6.32. The molecule has 0 bridgehead atoms. The third kappa shape index (κ3) is 4.48. The fourth-order valence-electron chi connectivity index (χ4n) is 3.84. The highest BCUT2D eigenvalue weighted by atomic mass is 35.5. The molecule has 0 amide bonds. The van der Waals surface area contributed by atoms with Gasteiger partial charge in [0, 0.05) is 37.2 Å². The fraction of sp³-hybridized carbons (Fsp3) is 0.348. The van der Waals surface area contributed by atoms with Gasteiger partial charge in [0.05, 0.1) is 24.2 Å². The van der Waals surface area contributed by atoms with E-state index in [1.54, 1.807) is 6.07 Å². The van der Waals surface area contributed by atoms with Crippen LogP contribution in [-0.2, 0) is 16.1 Å². The maximum absolute atomic E-state index is 10.9. The van der Waals surface area contributed by atoms with Gasteiger partial charge in [-0.1, -0.05) is 28.9 Å². The number of hydrogen-bond acceptors (Lipinski definition) is 7. The lowest BCUT2D eigenvalue weighted by Gasteiger charge is -2.36. The molecule has 2 saturated heterocycles. The topological polar surface area (TPSA) is 97.9 Å². The molecule has 1 aromatic heterocycles. The van der Waals surface area contributed by atoms with Crippen LogP contribution in [0.2, 0.25) is 5.02 Å². The summed E-state index contributed by atoms with van der Waals surface area (Å²) in [6.07, 6.45) is 0.879. The van der Waals surface area contributed by atoms with Gasteiger partial charge in [-0.05, 0) is 35.9 Å². The van der Waals surface area contributed by atoms with Gasteiger partial charge in [0.25, 0.3) is 5.89 Å². The second-order valence-corrected chi connectivity index (χ2v) is 8.51. The van der Waals surface area contributed by atoms with Gasteiger partial charge in [0.15, 0.2) is 0 Å². The first kappa shape index (κ1) is 20.9. The number of benzene rings is 2. The summed E-state index contributed by atoms with van der Waals surface area (Å²) in [6, 6.07) is 13.3. The molecule has 9 heteroatoms. The molecule has 0 aliphatic carbocycles. The smallest absolute Gasteiger partial charge is 0.309 e. The molecule has 2 aromatic carbocycles.